The lowest BCUT2D eigenvalue weighted by molar-refractivity contribution is 0.452. The van der Waals surface area contributed by atoms with Crippen LogP contribution in [0.15, 0.2) is 29.3 Å². The van der Waals surface area contributed by atoms with Crippen LogP contribution in [0.5, 0.6) is 5.88 Å². The lowest BCUT2D eigenvalue weighted by Gasteiger charge is -2.05. The quantitative estimate of drug-likeness (QED) is 0.789. The van der Waals surface area contributed by atoms with Crippen molar-refractivity contribution in [3.63, 3.8) is 0 Å². The summed E-state index contributed by atoms with van der Waals surface area (Å²) >= 11 is 0. The van der Waals surface area contributed by atoms with Gasteiger partial charge in [0, 0.05) is 18.0 Å². The normalized spacial score (nSPS) is 10.3. The second-order valence-electron chi connectivity index (χ2n) is 3.34. The van der Waals surface area contributed by atoms with Crippen molar-refractivity contribution >= 4 is 0 Å². The number of hydrogen-bond acceptors (Lipinski definition) is 4. The van der Waals surface area contributed by atoms with Crippen LogP contribution in [-0.2, 0) is 6.42 Å². The highest BCUT2D eigenvalue weighted by atomic mass is 16.3. The van der Waals surface area contributed by atoms with Crippen molar-refractivity contribution in [2.75, 3.05) is 0 Å². The maximum atomic E-state index is 11.2. The van der Waals surface area contributed by atoms with Crippen LogP contribution in [0.4, 0.5) is 0 Å². The molecular weight excluding hydrogens is 206 g/mol. The van der Waals surface area contributed by atoms with Crippen LogP contribution in [0.1, 0.15) is 12.5 Å². The van der Waals surface area contributed by atoms with Crippen LogP contribution in [0.2, 0.25) is 0 Å². The van der Waals surface area contributed by atoms with E-state index in [0.29, 0.717) is 5.82 Å². The van der Waals surface area contributed by atoms with E-state index in [1.54, 1.807) is 18.5 Å². The van der Waals surface area contributed by atoms with Crippen molar-refractivity contribution in [1.82, 2.24) is 15.0 Å². The Hall–Kier alpha value is -2.17. The molecule has 5 heteroatoms. The van der Waals surface area contributed by atoms with Gasteiger partial charge in [-0.1, -0.05) is 6.92 Å². The van der Waals surface area contributed by atoms with E-state index in [4.69, 9.17) is 0 Å². The molecule has 2 heterocycles. The fourth-order valence-corrected chi connectivity index (χ4v) is 1.51. The zero-order valence-corrected chi connectivity index (χ0v) is 8.77. The van der Waals surface area contributed by atoms with Gasteiger partial charge < -0.3 is 10.1 Å². The maximum Gasteiger partial charge on any atom is 0.254 e. The van der Waals surface area contributed by atoms with E-state index in [1.165, 1.54) is 0 Å². The molecule has 82 valence electrons. The fourth-order valence-electron chi connectivity index (χ4n) is 1.51. The van der Waals surface area contributed by atoms with Crippen molar-refractivity contribution in [1.29, 1.82) is 0 Å². The standard InChI is InChI=1S/C11H11N3O2/c1-2-7-6-12-4-3-8(7)11-13-9(15)5-10(16)14-11/h3-6H,2H2,1H3,(H2,13,14,15,16). The van der Waals surface area contributed by atoms with E-state index in [0.717, 1.165) is 23.6 Å². The number of aryl methyl sites for hydroxylation is 1. The van der Waals surface area contributed by atoms with Crippen LogP contribution in [0, 0.1) is 0 Å². The van der Waals surface area contributed by atoms with Gasteiger partial charge >= 0.3 is 0 Å². The predicted octanol–water partition coefficient (Wildman–Crippen LogP) is 1.10. The summed E-state index contributed by atoms with van der Waals surface area (Å²) in [6.07, 6.45) is 4.13. The zero-order chi connectivity index (χ0) is 11.5. The highest BCUT2D eigenvalue weighted by Gasteiger charge is 2.07. The molecule has 2 aromatic heterocycles. The van der Waals surface area contributed by atoms with Crippen molar-refractivity contribution in [3.05, 3.63) is 40.4 Å². The van der Waals surface area contributed by atoms with E-state index in [1.807, 2.05) is 6.92 Å². The summed E-state index contributed by atoms with van der Waals surface area (Å²) in [4.78, 5) is 21.7. The largest absolute Gasteiger partial charge is 0.493 e. The number of nitrogens with one attached hydrogen (secondary N) is 1. The Bertz CT molecular complexity index is 563. The average Bonchev–Trinajstić information content (AvgIpc) is 2.27. The Balaban J connectivity index is 2.62. The van der Waals surface area contributed by atoms with Gasteiger partial charge in [0.05, 0.1) is 6.07 Å². The molecule has 5 nitrogen and oxygen atoms in total. The van der Waals surface area contributed by atoms with E-state index in [-0.39, 0.29) is 11.4 Å². The summed E-state index contributed by atoms with van der Waals surface area (Å²) in [5.74, 6) is 0.0851. The molecule has 16 heavy (non-hydrogen) atoms. The second-order valence-corrected chi connectivity index (χ2v) is 3.34. The third-order valence-corrected chi connectivity index (χ3v) is 2.27. The summed E-state index contributed by atoms with van der Waals surface area (Å²) in [5, 5.41) is 9.27. The number of aromatic nitrogens is 3. The minimum Gasteiger partial charge on any atom is -0.493 e. The molecule has 0 fully saturated rings. The van der Waals surface area contributed by atoms with Crippen molar-refractivity contribution < 1.29 is 5.11 Å². The number of H-pyrrole nitrogens is 1. The minimum atomic E-state index is -0.374. The molecule has 0 bridgehead atoms. The SMILES string of the molecule is CCc1cnccc1-c1nc(O)cc(=O)[nH]1. The molecule has 0 radical (unpaired) electrons. The second kappa shape index (κ2) is 4.14. The Kier molecular flexibility index (Phi) is 2.68. The summed E-state index contributed by atoms with van der Waals surface area (Å²) in [7, 11) is 0. The number of rotatable bonds is 2. The Morgan fingerprint density at radius 2 is 2.31 bits per heavy atom. The molecule has 0 saturated carbocycles. The van der Waals surface area contributed by atoms with Gasteiger partial charge in [-0.3, -0.25) is 9.78 Å². The number of aromatic amines is 1. The summed E-state index contributed by atoms with van der Waals surface area (Å²) < 4.78 is 0. The van der Waals surface area contributed by atoms with Gasteiger partial charge in [-0.25, -0.2) is 0 Å². The van der Waals surface area contributed by atoms with Crippen LogP contribution >= 0.6 is 0 Å². The molecule has 0 amide bonds. The lowest BCUT2D eigenvalue weighted by Crippen LogP contribution is -2.07. The third-order valence-electron chi connectivity index (χ3n) is 2.27. The first kappa shape index (κ1) is 10.4. The molecule has 0 aliphatic heterocycles. The Labute approximate surface area is 91.8 Å². The number of hydrogen-bond donors (Lipinski definition) is 2. The molecule has 0 unspecified atom stereocenters. The highest BCUT2D eigenvalue weighted by Crippen LogP contribution is 2.19. The summed E-state index contributed by atoms with van der Waals surface area (Å²) in [5.41, 5.74) is 1.38. The molecule has 0 saturated heterocycles. The molecule has 0 aromatic carbocycles. The Morgan fingerprint density at radius 1 is 1.50 bits per heavy atom. The van der Waals surface area contributed by atoms with Gasteiger partial charge in [-0.05, 0) is 18.1 Å². The van der Waals surface area contributed by atoms with Gasteiger partial charge in [-0.2, -0.15) is 4.98 Å². The molecule has 2 N–H and O–H groups in total. The van der Waals surface area contributed by atoms with E-state index >= 15 is 0 Å². The van der Waals surface area contributed by atoms with Crippen LogP contribution in [-0.4, -0.2) is 20.1 Å². The lowest BCUT2D eigenvalue weighted by atomic mass is 10.1. The highest BCUT2D eigenvalue weighted by molar-refractivity contribution is 5.59. The zero-order valence-electron chi connectivity index (χ0n) is 8.77. The van der Waals surface area contributed by atoms with E-state index in [9.17, 15) is 9.90 Å². The van der Waals surface area contributed by atoms with Gasteiger partial charge in [-0.15, -0.1) is 0 Å². The maximum absolute atomic E-state index is 11.2. The number of pyridine rings is 1. The van der Waals surface area contributed by atoms with E-state index < -0.39 is 0 Å². The van der Waals surface area contributed by atoms with Gasteiger partial charge in [0.25, 0.3) is 5.56 Å². The minimum absolute atomic E-state index is 0.280. The Morgan fingerprint density at radius 3 is 3.00 bits per heavy atom. The average molecular weight is 217 g/mol. The molecule has 0 aliphatic carbocycles. The van der Waals surface area contributed by atoms with Gasteiger partial charge in [0.2, 0.25) is 5.88 Å². The first-order chi connectivity index (χ1) is 7.70. The van der Waals surface area contributed by atoms with Crippen LogP contribution in [0.3, 0.4) is 0 Å². The van der Waals surface area contributed by atoms with E-state index in [2.05, 4.69) is 15.0 Å². The molecule has 0 aliphatic rings. The monoisotopic (exact) mass is 217 g/mol. The predicted molar refractivity (Wildman–Crippen MR) is 59.1 cm³/mol. The van der Waals surface area contributed by atoms with Gasteiger partial charge in [0.1, 0.15) is 5.82 Å². The van der Waals surface area contributed by atoms with Crippen molar-refractivity contribution in [3.8, 4) is 17.3 Å². The molecular formula is C11H11N3O2. The number of aromatic hydroxyl groups is 1. The fraction of sp³-hybridized carbons (Fsp3) is 0.182. The molecule has 0 atom stereocenters. The first-order valence-electron chi connectivity index (χ1n) is 4.94. The van der Waals surface area contributed by atoms with Crippen LogP contribution in [0.25, 0.3) is 11.4 Å². The smallest absolute Gasteiger partial charge is 0.254 e. The number of nitrogens with zero attached hydrogens (tertiary/aromatic N) is 2. The molecule has 2 aromatic rings. The third kappa shape index (κ3) is 1.93. The van der Waals surface area contributed by atoms with Crippen molar-refractivity contribution in [2.45, 2.75) is 13.3 Å². The first-order valence-corrected chi connectivity index (χ1v) is 4.94. The molecule has 0 spiro atoms. The molecule has 2 rings (SSSR count). The van der Waals surface area contributed by atoms with Crippen molar-refractivity contribution in [2.24, 2.45) is 0 Å². The summed E-state index contributed by atoms with van der Waals surface area (Å²) in [6.45, 7) is 1.99. The van der Waals surface area contributed by atoms with Crippen LogP contribution < -0.4 is 5.56 Å². The van der Waals surface area contributed by atoms with Gasteiger partial charge in [0.15, 0.2) is 0 Å². The topological polar surface area (TPSA) is 78.9 Å². The summed E-state index contributed by atoms with van der Waals surface area (Å²) in [6, 6.07) is 2.80.